The summed E-state index contributed by atoms with van der Waals surface area (Å²) in [5.74, 6) is -2.81. The molecular formula is C19H32ClNO8. The molecule has 0 aliphatic rings. The molecule has 0 aromatic rings. The maximum atomic E-state index is 11.9. The average Bonchev–Trinajstić information content (AvgIpc) is 2.67. The summed E-state index contributed by atoms with van der Waals surface area (Å²) in [5, 5.41) is 0. The zero-order chi connectivity index (χ0) is 21.4. The van der Waals surface area contributed by atoms with Crippen molar-refractivity contribution in [2.24, 2.45) is 0 Å². The number of carbonyl (C=O) groups excluding carboxylic acids is 4. The maximum Gasteiger partial charge on any atom is 0.331 e. The summed E-state index contributed by atoms with van der Waals surface area (Å²) in [6.45, 7) is 9.46. The number of likely N-dealkylation sites (N-methyl/N-ethyl adjacent to an activating group) is 1. The lowest BCUT2D eigenvalue weighted by atomic mass is 10.3. The van der Waals surface area contributed by atoms with Crippen molar-refractivity contribution in [3.8, 4) is 0 Å². The van der Waals surface area contributed by atoms with Crippen molar-refractivity contribution in [1.82, 2.24) is 0 Å². The van der Waals surface area contributed by atoms with E-state index < -0.39 is 30.0 Å². The average molecular weight is 438 g/mol. The van der Waals surface area contributed by atoms with Gasteiger partial charge in [0.15, 0.2) is 6.10 Å². The second kappa shape index (κ2) is 17.7. The van der Waals surface area contributed by atoms with Crippen LogP contribution in [0.15, 0.2) is 24.3 Å². The molecule has 1 N–H and O–H groups in total. The van der Waals surface area contributed by atoms with Gasteiger partial charge >= 0.3 is 23.9 Å². The van der Waals surface area contributed by atoms with Crippen LogP contribution >= 0.6 is 0 Å². The van der Waals surface area contributed by atoms with Gasteiger partial charge < -0.3 is 36.3 Å². The Morgan fingerprint density at radius 1 is 0.759 bits per heavy atom. The predicted molar refractivity (Wildman–Crippen MR) is 101 cm³/mol. The summed E-state index contributed by atoms with van der Waals surface area (Å²) in [7, 11) is 0. The van der Waals surface area contributed by atoms with Crippen molar-refractivity contribution in [2.45, 2.75) is 33.8 Å². The number of hydrogen-bond donors (Lipinski definition) is 1. The first kappa shape index (κ1) is 28.8. The van der Waals surface area contributed by atoms with Crippen LogP contribution in [0.3, 0.4) is 0 Å². The Labute approximate surface area is 178 Å². The molecule has 9 nitrogen and oxygen atoms in total. The SMILES string of the molecule is CCOC(=O)/C=C/C(=O)OCC(C[NH+](CC)CC)OC(=O)/C=C/C(=O)OCC.[Cl-].[HH]. The van der Waals surface area contributed by atoms with E-state index in [0.717, 1.165) is 42.3 Å². The highest BCUT2D eigenvalue weighted by atomic mass is 35.5. The Hall–Kier alpha value is -2.39. The van der Waals surface area contributed by atoms with E-state index in [4.69, 9.17) is 9.47 Å². The lowest BCUT2D eigenvalue weighted by Gasteiger charge is -2.22. The van der Waals surface area contributed by atoms with Crippen LogP contribution in [0, 0.1) is 0 Å². The number of ether oxygens (including phenoxy) is 4. The molecule has 0 aromatic heterocycles. The molecule has 0 aromatic carbocycles. The van der Waals surface area contributed by atoms with Gasteiger partial charge in [-0.3, -0.25) is 0 Å². The van der Waals surface area contributed by atoms with Gasteiger partial charge in [-0.25, -0.2) is 19.2 Å². The highest BCUT2D eigenvalue weighted by molar-refractivity contribution is 5.92. The van der Waals surface area contributed by atoms with E-state index in [0.29, 0.717) is 6.54 Å². The molecule has 0 saturated heterocycles. The minimum atomic E-state index is -0.759. The molecule has 0 bridgehead atoms. The molecule has 0 amide bonds. The number of carbonyl (C=O) groups is 4. The standard InChI is InChI=1S/C19H29NO8.ClH.H2/c1-5-20(6-2)13-15(28-19(24)12-11-17(22)26-8-4)14-27-18(23)10-9-16(21)25-7-3;;/h9-12,15H,5-8,13-14H2,1-4H3;2*1H/b10-9+,12-11+;;. The van der Waals surface area contributed by atoms with Crippen molar-refractivity contribution in [1.29, 1.82) is 0 Å². The summed E-state index contributed by atoms with van der Waals surface area (Å²) >= 11 is 0. The summed E-state index contributed by atoms with van der Waals surface area (Å²) < 4.78 is 19.7. The van der Waals surface area contributed by atoms with Crippen molar-refractivity contribution in [2.75, 3.05) is 39.5 Å². The van der Waals surface area contributed by atoms with Crippen LogP contribution in [0.2, 0.25) is 0 Å². The first-order chi connectivity index (χ1) is 13.4. The Morgan fingerprint density at radius 3 is 1.59 bits per heavy atom. The topological polar surface area (TPSA) is 110 Å². The largest absolute Gasteiger partial charge is 1.00 e. The minimum Gasteiger partial charge on any atom is -1.00 e. The molecule has 0 aliphatic carbocycles. The van der Waals surface area contributed by atoms with E-state index in [1.807, 2.05) is 13.8 Å². The van der Waals surface area contributed by atoms with E-state index in [1.165, 1.54) is 0 Å². The van der Waals surface area contributed by atoms with Gasteiger partial charge in [0.2, 0.25) is 0 Å². The molecule has 0 rings (SSSR count). The molecule has 0 saturated carbocycles. The van der Waals surface area contributed by atoms with Gasteiger partial charge in [-0.1, -0.05) is 0 Å². The summed E-state index contributed by atoms with van der Waals surface area (Å²) in [4.78, 5) is 47.2. The van der Waals surface area contributed by atoms with Crippen molar-refractivity contribution in [3.05, 3.63) is 24.3 Å². The molecular weight excluding hydrogens is 406 g/mol. The third-order valence-corrected chi connectivity index (χ3v) is 3.49. The van der Waals surface area contributed by atoms with E-state index in [-0.39, 0.29) is 33.7 Å². The highest BCUT2D eigenvalue weighted by Crippen LogP contribution is 1.96. The highest BCUT2D eigenvalue weighted by Gasteiger charge is 2.21. The fourth-order valence-electron chi connectivity index (χ4n) is 2.07. The minimum absolute atomic E-state index is 0. The predicted octanol–water partition coefficient (Wildman–Crippen LogP) is -3.15. The molecule has 1 unspecified atom stereocenters. The molecule has 29 heavy (non-hydrogen) atoms. The van der Waals surface area contributed by atoms with E-state index in [9.17, 15) is 19.2 Å². The first-order valence-electron chi connectivity index (χ1n) is 9.26. The lowest BCUT2D eigenvalue weighted by Crippen LogP contribution is -3.12. The molecule has 1 atom stereocenters. The first-order valence-corrected chi connectivity index (χ1v) is 9.26. The third kappa shape index (κ3) is 15.2. The van der Waals surface area contributed by atoms with Crippen LogP contribution in [0.5, 0.6) is 0 Å². The van der Waals surface area contributed by atoms with Crippen LogP contribution < -0.4 is 17.3 Å². The van der Waals surface area contributed by atoms with Gasteiger partial charge in [-0.05, 0) is 27.7 Å². The molecule has 0 radical (unpaired) electrons. The fraction of sp³-hybridized carbons (Fsp3) is 0.579. The van der Waals surface area contributed by atoms with Crippen molar-refractivity contribution in [3.63, 3.8) is 0 Å². The Morgan fingerprint density at radius 2 is 1.17 bits per heavy atom. The molecule has 168 valence electrons. The molecule has 0 spiro atoms. The van der Waals surface area contributed by atoms with Gasteiger partial charge in [-0.15, -0.1) is 0 Å². The number of hydrogen-bond acceptors (Lipinski definition) is 8. The number of rotatable bonds is 13. The zero-order valence-electron chi connectivity index (χ0n) is 17.3. The van der Waals surface area contributed by atoms with Crippen molar-refractivity contribution < 1.29 is 56.9 Å². The molecule has 10 heteroatoms. The second-order valence-electron chi connectivity index (χ2n) is 5.52. The quantitative estimate of drug-likeness (QED) is 0.183. The molecule has 0 fully saturated rings. The lowest BCUT2D eigenvalue weighted by molar-refractivity contribution is -0.899. The molecule has 0 aliphatic heterocycles. The van der Waals surface area contributed by atoms with Crippen molar-refractivity contribution >= 4 is 23.9 Å². The normalized spacial score (nSPS) is 11.8. The van der Waals surface area contributed by atoms with Gasteiger partial charge in [-0.2, -0.15) is 0 Å². The van der Waals surface area contributed by atoms with Crippen LogP contribution in [0.25, 0.3) is 0 Å². The monoisotopic (exact) mass is 437 g/mol. The van der Waals surface area contributed by atoms with E-state index >= 15 is 0 Å². The van der Waals surface area contributed by atoms with E-state index in [2.05, 4.69) is 9.47 Å². The van der Waals surface area contributed by atoms with Crippen LogP contribution in [0.4, 0.5) is 0 Å². The molecule has 0 heterocycles. The van der Waals surface area contributed by atoms with Crippen LogP contribution in [0.1, 0.15) is 29.1 Å². The van der Waals surface area contributed by atoms with Crippen LogP contribution in [-0.4, -0.2) is 69.4 Å². The third-order valence-electron chi connectivity index (χ3n) is 3.49. The number of quaternary nitrogens is 1. The fourth-order valence-corrected chi connectivity index (χ4v) is 2.07. The Kier molecular flexibility index (Phi) is 17.6. The number of esters is 4. The summed E-state index contributed by atoms with van der Waals surface area (Å²) in [6.07, 6.45) is 3.13. The smallest absolute Gasteiger partial charge is 0.331 e. The summed E-state index contributed by atoms with van der Waals surface area (Å²) in [5.41, 5.74) is 0. The van der Waals surface area contributed by atoms with Gasteiger partial charge in [0.25, 0.3) is 0 Å². The van der Waals surface area contributed by atoms with Gasteiger partial charge in [0.05, 0.1) is 26.3 Å². The summed E-state index contributed by atoms with van der Waals surface area (Å²) in [6, 6.07) is 0. The number of nitrogens with one attached hydrogen (secondary N) is 1. The Balaban J connectivity index is -0.00000364. The van der Waals surface area contributed by atoms with Crippen LogP contribution in [-0.2, 0) is 38.1 Å². The zero-order valence-corrected chi connectivity index (χ0v) is 18.0. The van der Waals surface area contributed by atoms with Gasteiger partial charge in [0, 0.05) is 25.7 Å². The maximum absolute atomic E-state index is 11.9. The number of halogens is 1. The second-order valence-corrected chi connectivity index (χ2v) is 5.52. The van der Waals surface area contributed by atoms with Gasteiger partial charge in [0.1, 0.15) is 13.2 Å². The Bertz CT molecular complexity index is 579. The van der Waals surface area contributed by atoms with E-state index in [1.54, 1.807) is 13.8 Å².